The summed E-state index contributed by atoms with van der Waals surface area (Å²) in [7, 11) is 1.55. The molecule has 1 amide bonds. The van der Waals surface area contributed by atoms with E-state index in [1.54, 1.807) is 12.0 Å². The molecule has 1 aliphatic heterocycles. The molecule has 7 nitrogen and oxygen atoms in total. The lowest BCUT2D eigenvalue weighted by atomic mass is 10.2. The highest BCUT2D eigenvalue weighted by molar-refractivity contribution is 5.92. The second kappa shape index (κ2) is 6.82. The summed E-state index contributed by atoms with van der Waals surface area (Å²) in [5, 5.41) is 4.14. The first-order valence-electron chi connectivity index (χ1n) is 7.02. The topological polar surface area (TPSA) is 73.7 Å². The molecule has 1 fully saturated rings. The Hall–Kier alpha value is -1.73. The molecule has 0 bridgehead atoms. The van der Waals surface area contributed by atoms with Crippen LogP contribution in [0.4, 0.5) is 0 Å². The van der Waals surface area contributed by atoms with E-state index in [9.17, 15) is 9.59 Å². The maximum absolute atomic E-state index is 12.6. The van der Waals surface area contributed by atoms with E-state index in [0.29, 0.717) is 26.3 Å². The summed E-state index contributed by atoms with van der Waals surface area (Å²) in [4.78, 5) is 26.0. The molecule has 116 valence electrons. The molecule has 1 aliphatic rings. The fourth-order valence-corrected chi connectivity index (χ4v) is 2.23. The van der Waals surface area contributed by atoms with Crippen molar-refractivity contribution in [1.29, 1.82) is 0 Å². The average molecular weight is 295 g/mol. The molecule has 2 rings (SSSR count). The third-order valence-corrected chi connectivity index (χ3v) is 3.46. The standard InChI is InChI=1S/C14H21N3O4/c1-10-9-21-11(2)8-16(10)14(19)12-4-5-13(18)17(15-12)6-7-20-3/h4-5,10-11H,6-9H2,1-3H3/t10-,11-/m0/s1. The van der Waals surface area contributed by atoms with Gasteiger partial charge in [0.1, 0.15) is 5.69 Å². The molecule has 0 N–H and O–H groups in total. The van der Waals surface area contributed by atoms with Crippen molar-refractivity contribution in [3.63, 3.8) is 0 Å². The van der Waals surface area contributed by atoms with Gasteiger partial charge in [-0.15, -0.1) is 0 Å². The number of hydrogen-bond donors (Lipinski definition) is 0. The molecule has 7 heteroatoms. The Labute approximate surface area is 123 Å². The molecule has 0 aliphatic carbocycles. The van der Waals surface area contributed by atoms with Gasteiger partial charge >= 0.3 is 0 Å². The molecule has 21 heavy (non-hydrogen) atoms. The van der Waals surface area contributed by atoms with E-state index in [2.05, 4.69) is 5.10 Å². The van der Waals surface area contributed by atoms with E-state index >= 15 is 0 Å². The van der Waals surface area contributed by atoms with Crippen LogP contribution >= 0.6 is 0 Å². The molecule has 0 aromatic carbocycles. The summed E-state index contributed by atoms with van der Waals surface area (Å²) in [5.74, 6) is -0.177. The van der Waals surface area contributed by atoms with Crippen LogP contribution in [0.5, 0.6) is 0 Å². The quantitative estimate of drug-likeness (QED) is 0.790. The summed E-state index contributed by atoms with van der Waals surface area (Å²) in [5.41, 5.74) is 0.0265. The largest absolute Gasteiger partial charge is 0.383 e. The zero-order valence-corrected chi connectivity index (χ0v) is 12.6. The maximum atomic E-state index is 12.6. The number of carbonyl (C=O) groups is 1. The van der Waals surface area contributed by atoms with Gasteiger partial charge < -0.3 is 14.4 Å². The monoisotopic (exact) mass is 295 g/mol. The van der Waals surface area contributed by atoms with Crippen molar-refractivity contribution >= 4 is 5.91 Å². The summed E-state index contributed by atoms with van der Waals surface area (Å²) in [6, 6.07) is 2.83. The Bertz CT molecular complexity index is 557. The predicted molar refractivity (Wildman–Crippen MR) is 76.3 cm³/mol. The normalized spacial score (nSPS) is 22.3. The lowest BCUT2D eigenvalue weighted by Gasteiger charge is -2.36. The van der Waals surface area contributed by atoms with Crippen molar-refractivity contribution in [1.82, 2.24) is 14.7 Å². The Balaban J connectivity index is 2.20. The van der Waals surface area contributed by atoms with Crippen LogP contribution in [-0.2, 0) is 16.0 Å². The fraction of sp³-hybridized carbons (Fsp3) is 0.643. The second-order valence-electron chi connectivity index (χ2n) is 5.22. The number of carbonyl (C=O) groups excluding carboxylic acids is 1. The number of rotatable bonds is 4. The van der Waals surface area contributed by atoms with Gasteiger partial charge in [-0.25, -0.2) is 4.68 Å². The summed E-state index contributed by atoms with van der Waals surface area (Å²) < 4.78 is 11.7. The number of methoxy groups -OCH3 is 1. The maximum Gasteiger partial charge on any atom is 0.274 e. The highest BCUT2D eigenvalue weighted by atomic mass is 16.5. The van der Waals surface area contributed by atoms with E-state index in [-0.39, 0.29) is 29.3 Å². The summed E-state index contributed by atoms with van der Waals surface area (Å²) >= 11 is 0. The van der Waals surface area contributed by atoms with Gasteiger partial charge in [-0.3, -0.25) is 9.59 Å². The van der Waals surface area contributed by atoms with Gasteiger partial charge in [0.05, 0.1) is 31.9 Å². The van der Waals surface area contributed by atoms with Crippen LogP contribution in [0.3, 0.4) is 0 Å². The van der Waals surface area contributed by atoms with Crippen LogP contribution in [0.1, 0.15) is 24.3 Å². The third-order valence-electron chi connectivity index (χ3n) is 3.46. The van der Waals surface area contributed by atoms with Crippen LogP contribution in [0.15, 0.2) is 16.9 Å². The van der Waals surface area contributed by atoms with Gasteiger partial charge in [0.15, 0.2) is 0 Å². The van der Waals surface area contributed by atoms with Crippen LogP contribution in [-0.4, -0.2) is 59.6 Å². The smallest absolute Gasteiger partial charge is 0.274 e. The number of morpholine rings is 1. The molecule has 1 saturated heterocycles. The highest BCUT2D eigenvalue weighted by Gasteiger charge is 2.29. The number of amides is 1. The van der Waals surface area contributed by atoms with E-state index in [4.69, 9.17) is 9.47 Å². The average Bonchev–Trinajstić information content (AvgIpc) is 2.48. The lowest BCUT2D eigenvalue weighted by Crippen LogP contribution is -2.50. The molecular weight excluding hydrogens is 274 g/mol. The van der Waals surface area contributed by atoms with Crippen LogP contribution in [0.2, 0.25) is 0 Å². The Morgan fingerprint density at radius 3 is 2.95 bits per heavy atom. The minimum atomic E-state index is -0.244. The predicted octanol–water partition coefficient (Wildman–Crippen LogP) is 0.139. The lowest BCUT2D eigenvalue weighted by molar-refractivity contribution is -0.0389. The van der Waals surface area contributed by atoms with Gasteiger partial charge in [0, 0.05) is 19.7 Å². The summed E-state index contributed by atoms with van der Waals surface area (Å²) in [6.07, 6.45) is 0.00421. The first kappa shape index (κ1) is 15.7. The molecular formula is C14H21N3O4. The van der Waals surface area contributed by atoms with E-state index in [0.717, 1.165) is 0 Å². The highest BCUT2D eigenvalue weighted by Crippen LogP contribution is 2.14. The molecule has 1 aromatic heterocycles. The molecule has 2 atom stereocenters. The first-order valence-corrected chi connectivity index (χ1v) is 7.02. The van der Waals surface area contributed by atoms with Crippen molar-refractivity contribution in [2.75, 3.05) is 26.9 Å². The van der Waals surface area contributed by atoms with Gasteiger partial charge in [-0.1, -0.05) is 0 Å². The minimum Gasteiger partial charge on any atom is -0.383 e. The molecule has 0 saturated carbocycles. The van der Waals surface area contributed by atoms with Crippen molar-refractivity contribution in [2.45, 2.75) is 32.5 Å². The van der Waals surface area contributed by atoms with Crippen molar-refractivity contribution in [2.24, 2.45) is 0 Å². The SMILES string of the molecule is COCCn1nc(C(=O)N2C[C@H](C)OC[C@@H]2C)ccc1=O. The van der Waals surface area contributed by atoms with E-state index < -0.39 is 0 Å². The molecule has 2 heterocycles. The van der Waals surface area contributed by atoms with Crippen LogP contribution < -0.4 is 5.56 Å². The molecule has 0 unspecified atom stereocenters. The number of aromatic nitrogens is 2. The van der Waals surface area contributed by atoms with Crippen LogP contribution in [0.25, 0.3) is 0 Å². The van der Waals surface area contributed by atoms with Gasteiger partial charge in [-0.2, -0.15) is 5.10 Å². The second-order valence-corrected chi connectivity index (χ2v) is 5.22. The third kappa shape index (κ3) is 3.68. The number of hydrogen-bond acceptors (Lipinski definition) is 5. The zero-order chi connectivity index (χ0) is 15.4. The van der Waals surface area contributed by atoms with Crippen LogP contribution in [0, 0.1) is 0 Å². The van der Waals surface area contributed by atoms with E-state index in [1.807, 2.05) is 13.8 Å². The zero-order valence-electron chi connectivity index (χ0n) is 12.6. The molecule has 0 spiro atoms. The summed E-state index contributed by atoms with van der Waals surface area (Å²) in [6.45, 7) is 5.60. The molecule has 0 radical (unpaired) electrons. The number of nitrogens with zero attached hydrogens (tertiary/aromatic N) is 3. The van der Waals surface area contributed by atoms with Crippen molar-refractivity contribution < 1.29 is 14.3 Å². The van der Waals surface area contributed by atoms with Gasteiger partial charge in [0.25, 0.3) is 11.5 Å². The first-order chi connectivity index (χ1) is 10.0. The fourth-order valence-electron chi connectivity index (χ4n) is 2.23. The molecule has 1 aromatic rings. The Morgan fingerprint density at radius 2 is 2.24 bits per heavy atom. The van der Waals surface area contributed by atoms with Gasteiger partial charge in [-0.05, 0) is 19.9 Å². The van der Waals surface area contributed by atoms with Gasteiger partial charge in [0.2, 0.25) is 0 Å². The van der Waals surface area contributed by atoms with Crippen molar-refractivity contribution in [3.05, 3.63) is 28.2 Å². The number of ether oxygens (including phenoxy) is 2. The van der Waals surface area contributed by atoms with E-state index in [1.165, 1.54) is 16.8 Å². The minimum absolute atomic E-state index is 0.00421. The Morgan fingerprint density at radius 1 is 1.48 bits per heavy atom. The van der Waals surface area contributed by atoms with Crippen molar-refractivity contribution in [3.8, 4) is 0 Å². The Kier molecular flexibility index (Phi) is 5.08.